The third-order valence-electron chi connectivity index (χ3n) is 5.56. The van der Waals surface area contributed by atoms with Gasteiger partial charge in [0.25, 0.3) is 0 Å². The fraction of sp³-hybridized carbons (Fsp3) is 0.231. The highest BCUT2D eigenvalue weighted by atomic mass is 32.2. The number of hydrogen-bond acceptors (Lipinski definition) is 4. The molecule has 0 amide bonds. The fourth-order valence-corrected chi connectivity index (χ4v) is 4.92. The van der Waals surface area contributed by atoms with Crippen molar-refractivity contribution in [2.24, 2.45) is 0 Å². The Labute approximate surface area is 181 Å². The van der Waals surface area contributed by atoms with Crippen LogP contribution in [0.25, 0.3) is 0 Å². The molecule has 3 aromatic carbocycles. The van der Waals surface area contributed by atoms with E-state index in [1.165, 1.54) is 11.8 Å². The number of Topliss-reactive ketones (excluding diaryl/α,β-unsaturated/α-hetero) is 1. The van der Waals surface area contributed by atoms with Crippen LogP contribution in [0.2, 0.25) is 0 Å². The lowest BCUT2D eigenvalue weighted by molar-refractivity contribution is -0.171. The molecule has 0 radical (unpaired) electrons. The molecular formula is C26H24O3S. The Morgan fingerprint density at radius 1 is 0.900 bits per heavy atom. The summed E-state index contributed by atoms with van der Waals surface area (Å²) in [5.41, 5.74) is 2.16. The van der Waals surface area contributed by atoms with Crippen molar-refractivity contribution in [2.45, 2.75) is 41.9 Å². The first-order valence-electron chi connectivity index (χ1n) is 10.1. The molecule has 1 fully saturated rings. The summed E-state index contributed by atoms with van der Waals surface area (Å²) < 4.78 is 6.10. The number of ketones is 1. The monoisotopic (exact) mass is 416 g/mol. The third-order valence-corrected chi connectivity index (χ3v) is 6.96. The van der Waals surface area contributed by atoms with Crippen molar-refractivity contribution in [1.29, 1.82) is 0 Å². The van der Waals surface area contributed by atoms with Gasteiger partial charge in [0, 0.05) is 4.90 Å². The first-order chi connectivity index (χ1) is 14.6. The second-order valence-electron chi connectivity index (χ2n) is 7.67. The van der Waals surface area contributed by atoms with Crippen molar-refractivity contribution in [2.75, 3.05) is 0 Å². The van der Waals surface area contributed by atoms with E-state index in [4.69, 9.17) is 4.74 Å². The van der Waals surface area contributed by atoms with Gasteiger partial charge in [0.1, 0.15) is 5.60 Å². The molecule has 4 rings (SSSR count). The van der Waals surface area contributed by atoms with Gasteiger partial charge in [-0.3, -0.25) is 9.59 Å². The first kappa shape index (κ1) is 20.4. The Hall–Kier alpha value is -2.85. The summed E-state index contributed by atoms with van der Waals surface area (Å²) in [6, 6.07) is 27.5. The predicted octanol–water partition coefficient (Wildman–Crippen LogP) is 5.50. The number of hydrogen-bond donors (Lipinski definition) is 0. The van der Waals surface area contributed by atoms with Crippen molar-refractivity contribution in [3.8, 4) is 0 Å². The number of esters is 1. The highest BCUT2D eigenvalue weighted by Gasteiger charge is 2.48. The van der Waals surface area contributed by atoms with Crippen molar-refractivity contribution in [1.82, 2.24) is 0 Å². The maximum absolute atomic E-state index is 13.2. The first-order valence-corrected chi connectivity index (χ1v) is 11.0. The van der Waals surface area contributed by atoms with Gasteiger partial charge in [-0.15, -0.1) is 11.8 Å². The molecular weight excluding hydrogens is 392 g/mol. The van der Waals surface area contributed by atoms with Gasteiger partial charge in [0.2, 0.25) is 0 Å². The van der Waals surface area contributed by atoms with Crippen molar-refractivity contribution >= 4 is 23.5 Å². The summed E-state index contributed by atoms with van der Waals surface area (Å²) in [5, 5.41) is -0.820. The Bertz CT molecular complexity index is 1010. The Morgan fingerprint density at radius 3 is 2.20 bits per heavy atom. The SMILES string of the molecule is Cc1ccccc1SC1C(=O)CC(CCc2ccccc2)(c2ccccc2)OC1=O. The van der Waals surface area contributed by atoms with Crippen LogP contribution in [0.3, 0.4) is 0 Å². The zero-order valence-corrected chi connectivity index (χ0v) is 17.7. The molecule has 1 heterocycles. The van der Waals surface area contributed by atoms with Crippen LogP contribution in [-0.2, 0) is 26.3 Å². The molecule has 3 aromatic rings. The van der Waals surface area contributed by atoms with E-state index < -0.39 is 16.8 Å². The van der Waals surface area contributed by atoms with E-state index in [1.54, 1.807) is 0 Å². The van der Waals surface area contributed by atoms with Gasteiger partial charge in [0.05, 0.1) is 6.42 Å². The van der Waals surface area contributed by atoms with E-state index in [1.807, 2.05) is 79.7 Å². The molecule has 0 spiro atoms. The molecule has 0 N–H and O–H groups in total. The molecule has 0 bridgehead atoms. The van der Waals surface area contributed by atoms with Gasteiger partial charge in [-0.2, -0.15) is 0 Å². The van der Waals surface area contributed by atoms with Gasteiger partial charge in [-0.1, -0.05) is 78.9 Å². The molecule has 2 atom stereocenters. The van der Waals surface area contributed by atoms with Crippen LogP contribution < -0.4 is 0 Å². The quantitative estimate of drug-likeness (QED) is 0.393. The van der Waals surface area contributed by atoms with Crippen LogP contribution in [0.1, 0.15) is 29.5 Å². The molecule has 1 aliphatic rings. The van der Waals surface area contributed by atoms with Gasteiger partial charge >= 0.3 is 5.97 Å². The number of cyclic esters (lactones) is 1. The lowest BCUT2D eigenvalue weighted by atomic mass is 9.81. The summed E-state index contributed by atoms with van der Waals surface area (Å²) in [6.45, 7) is 1.98. The maximum atomic E-state index is 13.2. The van der Waals surface area contributed by atoms with Crippen LogP contribution in [0, 0.1) is 6.92 Å². The van der Waals surface area contributed by atoms with Crippen molar-refractivity contribution in [3.63, 3.8) is 0 Å². The van der Waals surface area contributed by atoms with E-state index in [0.29, 0.717) is 6.42 Å². The van der Waals surface area contributed by atoms with Gasteiger partial charge < -0.3 is 4.74 Å². The summed E-state index contributed by atoms with van der Waals surface area (Å²) in [7, 11) is 0. The molecule has 1 saturated heterocycles. The minimum absolute atomic E-state index is 0.0728. The number of aryl methyl sites for hydroxylation is 2. The number of rotatable bonds is 6. The molecule has 0 aromatic heterocycles. The Morgan fingerprint density at radius 2 is 1.53 bits per heavy atom. The lowest BCUT2D eigenvalue weighted by Crippen LogP contribution is -2.47. The van der Waals surface area contributed by atoms with Gasteiger partial charge in [0.15, 0.2) is 11.0 Å². The smallest absolute Gasteiger partial charge is 0.327 e. The fourth-order valence-electron chi connectivity index (χ4n) is 3.89. The third kappa shape index (κ3) is 4.34. The summed E-state index contributed by atoms with van der Waals surface area (Å²) in [4.78, 5) is 27.2. The van der Waals surface area contributed by atoms with E-state index >= 15 is 0 Å². The second-order valence-corrected chi connectivity index (χ2v) is 8.82. The molecule has 1 aliphatic heterocycles. The average Bonchev–Trinajstić information content (AvgIpc) is 2.77. The minimum Gasteiger partial charge on any atom is -0.453 e. The van der Waals surface area contributed by atoms with Crippen LogP contribution in [0.15, 0.2) is 89.8 Å². The summed E-state index contributed by atoms with van der Waals surface area (Å²) in [5.74, 6) is -0.521. The summed E-state index contributed by atoms with van der Waals surface area (Å²) >= 11 is 1.29. The molecule has 0 aliphatic carbocycles. The number of benzene rings is 3. The lowest BCUT2D eigenvalue weighted by Gasteiger charge is -2.39. The Balaban J connectivity index is 1.60. The number of carbonyl (C=O) groups excluding carboxylic acids is 2. The van der Waals surface area contributed by atoms with Crippen LogP contribution in [0.4, 0.5) is 0 Å². The van der Waals surface area contributed by atoms with E-state index in [9.17, 15) is 9.59 Å². The molecule has 30 heavy (non-hydrogen) atoms. The van der Waals surface area contributed by atoms with E-state index in [2.05, 4.69) is 12.1 Å². The highest BCUT2D eigenvalue weighted by molar-refractivity contribution is 8.01. The van der Waals surface area contributed by atoms with Crippen molar-refractivity contribution < 1.29 is 14.3 Å². The maximum Gasteiger partial charge on any atom is 0.327 e. The van der Waals surface area contributed by atoms with Crippen LogP contribution in [0.5, 0.6) is 0 Å². The molecule has 0 saturated carbocycles. The number of ether oxygens (including phenoxy) is 1. The topological polar surface area (TPSA) is 43.4 Å². The highest BCUT2D eigenvalue weighted by Crippen LogP contribution is 2.42. The zero-order valence-electron chi connectivity index (χ0n) is 16.9. The molecule has 4 heteroatoms. The average molecular weight is 417 g/mol. The van der Waals surface area contributed by atoms with E-state index in [-0.39, 0.29) is 12.2 Å². The number of thioether (sulfide) groups is 1. The van der Waals surface area contributed by atoms with E-state index in [0.717, 1.165) is 28.0 Å². The predicted molar refractivity (Wildman–Crippen MR) is 119 cm³/mol. The standard InChI is InChI=1S/C26H24O3S/c1-19-10-8-9-15-23(19)30-24-22(27)18-26(29-25(24)28,21-13-6-3-7-14-21)17-16-20-11-4-2-5-12-20/h2-15,24H,16-18H2,1H3. The normalized spacial score (nSPS) is 21.3. The second kappa shape index (κ2) is 8.88. The minimum atomic E-state index is -0.923. The van der Waals surface area contributed by atoms with Crippen LogP contribution >= 0.6 is 11.8 Å². The largest absolute Gasteiger partial charge is 0.453 e. The number of carbonyl (C=O) groups is 2. The van der Waals surface area contributed by atoms with Crippen LogP contribution in [-0.4, -0.2) is 17.0 Å². The van der Waals surface area contributed by atoms with Gasteiger partial charge in [-0.05, 0) is 42.5 Å². The Kier molecular flexibility index (Phi) is 6.05. The van der Waals surface area contributed by atoms with Crippen molar-refractivity contribution in [3.05, 3.63) is 102 Å². The zero-order chi connectivity index (χ0) is 21.0. The molecule has 152 valence electrons. The summed E-state index contributed by atoms with van der Waals surface area (Å²) in [6.07, 6.45) is 1.49. The molecule has 2 unspecified atom stereocenters. The molecule has 3 nitrogen and oxygen atoms in total. The van der Waals surface area contributed by atoms with Gasteiger partial charge in [-0.25, -0.2) is 0 Å².